The van der Waals surface area contributed by atoms with Gasteiger partial charge in [0.15, 0.2) is 11.5 Å². The lowest BCUT2D eigenvalue weighted by molar-refractivity contribution is -0.117. The number of benzene rings is 2. The van der Waals surface area contributed by atoms with Gasteiger partial charge in [-0.15, -0.1) is 0 Å². The zero-order valence-corrected chi connectivity index (χ0v) is 16.9. The lowest BCUT2D eigenvalue weighted by Gasteiger charge is -2.26. The number of nitrogens with one attached hydrogen (secondary N) is 1. The minimum atomic E-state index is -0.151. The van der Waals surface area contributed by atoms with E-state index in [2.05, 4.69) is 21.2 Å². The summed E-state index contributed by atoms with van der Waals surface area (Å²) in [6, 6.07) is 11.3. The number of fused-ring (bicyclic) bond motifs is 1. The van der Waals surface area contributed by atoms with Gasteiger partial charge in [-0.1, -0.05) is 22.0 Å². The molecule has 3 rings (SSSR count). The Balaban J connectivity index is 1.70. The zero-order chi connectivity index (χ0) is 19.2. The lowest BCUT2D eigenvalue weighted by atomic mass is 10.0. The van der Waals surface area contributed by atoms with Gasteiger partial charge < -0.3 is 19.5 Å². The van der Waals surface area contributed by atoms with Crippen LogP contribution in [0.2, 0.25) is 0 Å². The molecule has 6 heteroatoms. The molecule has 0 aromatic heterocycles. The Morgan fingerprint density at radius 3 is 2.93 bits per heavy atom. The number of carbonyl (C=O) groups is 1. The molecule has 1 N–H and O–H groups in total. The average molecular weight is 432 g/mol. The van der Waals surface area contributed by atoms with Crippen LogP contribution in [-0.4, -0.2) is 26.2 Å². The van der Waals surface area contributed by atoms with E-state index in [1.165, 1.54) is 6.08 Å². The molecular formula is C21H22BrNO4. The van der Waals surface area contributed by atoms with Crippen molar-refractivity contribution >= 4 is 27.9 Å². The predicted octanol–water partition coefficient (Wildman–Crippen LogP) is 4.51. The third-order valence-corrected chi connectivity index (χ3v) is 4.74. The molecule has 0 spiro atoms. The molecule has 1 aliphatic rings. The highest BCUT2D eigenvalue weighted by Gasteiger charge is 2.22. The number of hydrogen-bond donors (Lipinski definition) is 1. The van der Waals surface area contributed by atoms with Gasteiger partial charge in [-0.25, -0.2) is 0 Å². The van der Waals surface area contributed by atoms with Crippen molar-refractivity contribution in [2.75, 3.05) is 20.3 Å². The van der Waals surface area contributed by atoms with Crippen LogP contribution < -0.4 is 19.5 Å². The molecule has 1 aliphatic heterocycles. The Hall–Kier alpha value is -2.47. The summed E-state index contributed by atoms with van der Waals surface area (Å²) in [5, 5.41) is 3.05. The molecule has 2 aromatic carbocycles. The number of hydrogen-bond acceptors (Lipinski definition) is 4. The molecule has 0 bridgehead atoms. The summed E-state index contributed by atoms with van der Waals surface area (Å²) in [6.45, 7) is 3.04. The van der Waals surface area contributed by atoms with Crippen LogP contribution in [0.15, 0.2) is 46.9 Å². The number of rotatable bonds is 6. The van der Waals surface area contributed by atoms with E-state index in [0.29, 0.717) is 24.7 Å². The number of carbonyl (C=O) groups excluding carboxylic acids is 1. The minimum Gasteiger partial charge on any atom is -0.493 e. The van der Waals surface area contributed by atoms with Crippen LogP contribution in [0, 0.1) is 0 Å². The SMILES string of the molecule is CCOc1cc(C=CC(=O)NC2CCOc3ccc(Br)cc32)ccc1OC. The van der Waals surface area contributed by atoms with Gasteiger partial charge in [0.25, 0.3) is 0 Å². The van der Waals surface area contributed by atoms with Crippen molar-refractivity contribution in [3.63, 3.8) is 0 Å². The first-order valence-corrected chi connectivity index (χ1v) is 9.61. The van der Waals surface area contributed by atoms with Gasteiger partial charge in [-0.3, -0.25) is 4.79 Å². The van der Waals surface area contributed by atoms with Crippen molar-refractivity contribution in [1.29, 1.82) is 0 Å². The maximum atomic E-state index is 12.4. The molecule has 0 radical (unpaired) electrons. The Kier molecular flexibility index (Phi) is 6.40. The maximum absolute atomic E-state index is 12.4. The minimum absolute atomic E-state index is 0.0711. The fraction of sp³-hybridized carbons (Fsp3) is 0.286. The molecule has 0 fully saturated rings. The number of halogens is 1. The van der Waals surface area contributed by atoms with Crippen molar-refractivity contribution in [3.05, 3.63) is 58.1 Å². The first-order valence-electron chi connectivity index (χ1n) is 8.82. The topological polar surface area (TPSA) is 56.8 Å². The number of ether oxygens (including phenoxy) is 3. The quantitative estimate of drug-likeness (QED) is 0.683. The van der Waals surface area contributed by atoms with Crippen LogP contribution >= 0.6 is 15.9 Å². The molecule has 0 saturated heterocycles. The van der Waals surface area contributed by atoms with E-state index >= 15 is 0 Å². The second kappa shape index (κ2) is 8.95. The summed E-state index contributed by atoms with van der Waals surface area (Å²) in [5.74, 6) is 1.99. The van der Waals surface area contributed by atoms with Gasteiger partial charge in [-0.2, -0.15) is 0 Å². The van der Waals surface area contributed by atoms with Crippen LogP contribution in [0.1, 0.15) is 30.5 Å². The van der Waals surface area contributed by atoms with Gasteiger partial charge in [0.1, 0.15) is 5.75 Å². The highest BCUT2D eigenvalue weighted by atomic mass is 79.9. The molecule has 1 amide bonds. The fourth-order valence-electron chi connectivity index (χ4n) is 2.97. The summed E-state index contributed by atoms with van der Waals surface area (Å²) in [4.78, 5) is 12.4. The highest BCUT2D eigenvalue weighted by molar-refractivity contribution is 9.10. The zero-order valence-electron chi connectivity index (χ0n) is 15.3. The first-order chi connectivity index (χ1) is 13.1. The van der Waals surface area contributed by atoms with E-state index in [-0.39, 0.29) is 11.9 Å². The molecule has 142 valence electrons. The van der Waals surface area contributed by atoms with Crippen LogP contribution in [0.3, 0.4) is 0 Å². The van der Waals surface area contributed by atoms with E-state index < -0.39 is 0 Å². The maximum Gasteiger partial charge on any atom is 0.244 e. The summed E-state index contributed by atoms with van der Waals surface area (Å²) in [5.41, 5.74) is 1.85. The molecule has 2 aromatic rings. The Bertz CT molecular complexity index is 850. The number of amides is 1. The third-order valence-electron chi connectivity index (χ3n) is 4.24. The van der Waals surface area contributed by atoms with Crippen molar-refractivity contribution in [1.82, 2.24) is 5.32 Å². The standard InChI is InChI=1S/C21H22BrNO4/c1-3-26-20-12-14(4-7-19(20)25-2)5-9-21(24)23-17-10-11-27-18-8-6-15(22)13-16(17)18/h4-9,12-13,17H,3,10-11H2,1-2H3,(H,23,24). The first kappa shape index (κ1) is 19.3. The average Bonchev–Trinajstić information content (AvgIpc) is 2.67. The summed E-state index contributed by atoms with van der Waals surface area (Å²) >= 11 is 3.47. The number of methoxy groups -OCH3 is 1. The van der Waals surface area contributed by atoms with E-state index in [1.807, 2.05) is 43.3 Å². The van der Waals surface area contributed by atoms with E-state index in [9.17, 15) is 4.79 Å². The molecule has 1 atom stereocenters. The van der Waals surface area contributed by atoms with Crippen molar-refractivity contribution in [2.45, 2.75) is 19.4 Å². The molecule has 1 heterocycles. The van der Waals surface area contributed by atoms with Crippen molar-refractivity contribution in [3.8, 4) is 17.2 Å². The second-order valence-corrected chi connectivity index (χ2v) is 6.97. The smallest absolute Gasteiger partial charge is 0.244 e. The normalized spacial score (nSPS) is 15.7. The highest BCUT2D eigenvalue weighted by Crippen LogP contribution is 2.34. The lowest BCUT2D eigenvalue weighted by Crippen LogP contribution is -2.31. The van der Waals surface area contributed by atoms with Gasteiger partial charge in [-0.05, 0) is 48.9 Å². The molecular weight excluding hydrogens is 410 g/mol. The van der Waals surface area contributed by atoms with Crippen molar-refractivity contribution < 1.29 is 19.0 Å². The molecule has 5 nitrogen and oxygen atoms in total. The van der Waals surface area contributed by atoms with Crippen LogP contribution in [0.25, 0.3) is 6.08 Å². The fourth-order valence-corrected chi connectivity index (χ4v) is 3.35. The Morgan fingerprint density at radius 1 is 1.30 bits per heavy atom. The van der Waals surface area contributed by atoms with E-state index in [4.69, 9.17) is 14.2 Å². The van der Waals surface area contributed by atoms with E-state index in [1.54, 1.807) is 13.2 Å². The van der Waals surface area contributed by atoms with E-state index in [0.717, 1.165) is 27.8 Å². The van der Waals surface area contributed by atoms with Gasteiger partial charge >= 0.3 is 0 Å². The summed E-state index contributed by atoms with van der Waals surface area (Å²) < 4.78 is 17.5. The second-order valence-electron chi connectivity index (χ2n) is 6.06. The Morgan fingerprint density at radius 2 is 2.15 bits per heavy atom. The van der Waals surface area contributed by atoms with Crippen LogP contribution in [0.4, 0.5) is 0 Å². The van der Waals surface area contributed by atoms with Crippen LogP contribution in [-0.2, 0) is 4.79 Å². The molecule has 1 unspecified atom stereocenters. The molecule has 27 heavy (non-hydrogen) atoms. The predicted molar refractivity (Wildman–Crippen MR) is 108 cm³/mol. The third kappa shape index (κ3) is 4.83. The Labute approximate surface area is 167 Å². The summed E-state index contributed by atoms with van der Waals surface area (Å²) in [7, 11) is 1.60. The molecule has 0 aliphatic carbocycles. The monoisotopic (exact) mass is 431 g/mol. The van der Waals surface area contributed by atoms with Crippen molar-refractivity contribution in [2.24, 2.45) is 0 Å². The summed E-state index contributed by atoms with van der Waals surface area (Å²) in [6.07, 6.45) is 4.03. The largest absolute Gasteiger partial charge is 0.493 e. The van der Waals surface area contributed by atoms with Gasteiger partial charge in [0.2, 0.25) is 5.91 Å². The van der Waals surface area contributed by atoms with Gasteiger partial charge in [0.05, 0.1) is 26.4 Å². The van der Waals surface area contributed by atoms with Gasteiger partial charge in [0, 0.05) is 22.5 Å². The van der Waals surface area contributed by atoms with Crippen LogP contribution in [0.5, 0.6) is 17.2 Å². The molecule has 0 saturated carbocycles.